The summed E-state index contributed by atoms with van der Waals surface area (Å²) in [5, 5.41) is 3.90. The fourth-order valence-corrected chi connectivity index (χ4v) is 3.75. The van der Waals surface area contributed by atoms with E-state index in [9.17, 15) is 4.79 Å². The lowest BCUT2D eigenvalue weighted by molar-refractivity contribution is -0.0455. The highest BCUT2D eigenvalue weighted by atomic mass is 16.5. The van der Waals surface area contributed by atoms with Gasteiger partial charge in [0.1, 0.15) is 23.5 Å². The molecule has 4 rings (SSSR count). The highest BCUT2D eigenvalue weighted by Gasteiger charge is 2.48. The Morgan fingerprint density at radius 2 is 2.24 bits per heavy atom. The topological polar surface area (TPSA) is 77.7 Å². The fourth-order valence-electron chi connectivity index (χ4n) is 3.75. The zero-order valence-electron chi connectivity index (χ0n) is 14.3. The van der Waals surface area contributed by atoms with Crippen molar-refractivity contribution in [2.45, 2.75) is 44.9 Å². The van der Waals surface area contributed by atoms with E-state index in [1.807, 2.05) is 23.1 Å². The number of carbonyl (C=O) groups is 1. The SMILES string of the molecule is Cc1noc(C)c1C(=O)N1C[C@@H](Oc2ccccn2)[C@@H]2OCCC[C@@H]21. The van der Waals surface area contributed by atoms with E-state index in [4.69, 9.17) is 14.0 Å². The van der Waals surface area contributed by atoms with Crippen LogP contribution in [0.5, 0.6) is 5.88 Å². The molecule has 0 radical (unpaired) electrons. The van der Waals surface area contributed by atoms with Crippen LogP contribution in [0, 0.1) is 13.8 Å². The summed E-state index contributed by atoms with van der Waals surface area (Å²) in [6.45, 7) is 4.71. The van der Waals surface area contributed by atoms with Crippen molar-refractivity contribution in [1.82, 2.24) is 15.0 Å². The molecular weight excluding hydrogens is 322 g/mol. The minimum absolute atomic E-state index is 0.00339. The molecule has 2 aliphatic rings. The molecular formula is C18H21N3O4. The second-order valence-corrected chi connectivity index (χ2v) is 6.53. The van der Waals surface area contributed by atoms with Crippen molar-refractivity contribution >= 4 is 5.91 Å². The average molecular weight is 343 g/mol. The molecule has 2 aromatic heterocycles. The van der Waals surface area contributed by atoms with Crippen LogP contribution in [-0.4, -0.2) is 52.3 Å². The van der Waals surface area contributed by atoms with Gasteiger partial charge in [0, 0.05) is 18.9 Å². The molecule has 4 heterocycles. The van der Waals surface area contributed by atoms with Crippen LogP contribution in [0.2, 0.25) is 0 Å². The van der Waals surface area contributed by atoms with E-state index < -0.39 is 0 Å². The Labute approximate surface area is 145 Å². The number of fused-ring (bicyclic) bond motifs is 1. The lowest BCUT2D eigenvalue weighted by atomic mass is 10.0. The lowest BCUT2D eigenvalue weighted by Crippen LogP contribution is -2.44. The van der Waals surface area contributed by atoms with Crippen LogP contribution in [0.4, 0.5) is 0 Å². The van der Waals surface area contributed by atoms with Gasteiger partial charge in [-0.1, -0.05) is 11.2 Å². The van der Waals surface area contributed by atoms with E-state index >= 15 is 0 Å². The first-order valence-corrected chi connectivity index (χ1v) is 8.58. The molecule has 0 aliphatic carbocycles. The van der Waals surface area contributed by atoms with Gasteiger partial charge in [0.05, 0.1) is 18.3 Å². The average Bonchev–Trinajstić information content (AvgIpc) is 3.16. The quantitative estimate of drug-likeness (QED) is 0.850. The van der Waals surface area contributed by atoms with Crippen molar-refractivity contribution < 1.29 is 18.8 Å². The predicted molar refractivity (Wildman–Crippen MR) is 88.4 cm³/mol. The summed E-state index contributed by atoms with van der Waals surface area (Å²) in [4.78, 5) is 19.2. The molecule has 0 aromatic carbocycles. The van der Waals surface area contributed by atoms with Crippen LogP contribution in [0.1, 0.15) is 34.7 Å². The van der Waals surface area contributed by atoms with E-state index in [0.29, 0.717) is 36.0 Å². The number of carbonyl (C=O) groups excluding carboxylic acids is 1. The highest BCUT2D eigenvalue weighted by molar-refractivity contribution is 5.96. The first kappa shape index (κ1) is 16.1. The summed E-state index contributed by atoms with van der Waals surface area (Å²) < 4.78 is 17.2. The number of nitrogens with zero attached hydrogens (tertiary/aromatic N) is 3. The summed E-state index contributed by atoms with van der Waals surface area (Å²) >= 11 is 0. The highest BCUT2D eigenvalue weighted by Crippen LogP contribution is 2.33. The molecule has 2 fully saturated rings. The van der Waals surface area contributed by atoms with Crippen LogP contribution < -0.4 is 4.74 Å². The molecule has 7 heteroatoms. The van der Waals surface area contributed by atoms with E-state index in [2.05, 4.69) is 10.1 Å². The van der Waals surface area contributed by atoms with Gasteiger partial charge in [-0.3, -0.25) is 4.79 Å². The van der Waals surface area contributed by atoms with Crippen molar-refractivity contribution in [1.29, 1.82) is 0 Å². The summed E-state index contributed by atoms with van der Waals surface area (Å²) in [5.74, 6) is 1.03. The van der Waals surface area contributed by atoms with Gasteiger partial charge in [-0.15, -0.1) is 0 Å². The van der Waals surface area contributed by atoms with Crippen LogP contribution in [-0.2, 0) is 4.74 Å². The van der Waals surface area contributed by atoms with Crippen LogP contribution in [0.25, 0.3) is 0 Å². The molecule has 2 aromatic rings. The summed E-state index contributed by atoms with van der Waals surface area (Å²) in [6, 6.07) is 5.54. The smallest absolute Gasteiger partial charge is 0.259 e. The van der Waals surface area contributed by atoms with Crippen molar-refractivity contribution in [3.8, 4) is 5.88 Å². The molecule has 0 spiro atoms. The van der Waals surface area contributed by atoms with Crippen molar-refractivity contribution in [2.24, 2.45) is 0 Å². The molecule has 0 N–H and O–H groups in total. The van der Waals surface area contributed by atoms with E-state index in [-0.39, 0.29) is 24.2 Å². The first-order valence-electron chi connectivity index (χ1n) is 8.58. The third-order valence-corrected chi connectivity index (χ3v) is 4.90. The number of amides is 1. The Hall–Kier alpha value is -2.41. The third-order valence-electron chi connectivity index (χ3n) is 4.90. The Balaban J connectivity index is 1.59. The van der Waals surface area contributed by atoms with Crippen molar-refractivity contribution in [3.63, 3.8) is 0 Å². The van der Waals surface area contributed by atoms with Crippen LogP contribution in [0.3, 0.4) is 0 Å². The van der Waals surface area contributed by atoms with Gasteiger partial charge in [0.2, 0.25) is 5.88 Å². The second-order valence-electron chi connectivity index (χ2n) is 6.53. The molecule has 1 amide bonds. The molecule has 0 saturated carbocycles. The second kappa shape index (κ2) is 6.48. The van der Waals surface area contributed by atoms with Crippen molar-refractivity contribution in [3.05, 3.63) is 41.4 Å². The van der Waals surface area contributed by atoms with Crippen LogP contribution >= 0.6 is 0 Å². The number of rotatable bonds is 3. The Morgan fingerprint density at radius 3 is 2.96 bits per heavy atom. The maximum absolute atomic E-state index is 13.1. The maximum Gasteiger partial charge on any atom is 0.259 e. The Morgan fingerprint density at radius 1 is 1.36 bits per heavy atom. The van der Waals surface area contributed by atoms with Gasteiger partial charge >= 0.3 is 0 Å². The largest absolute Gasteiger partial charge is 0.470 e. The predicted octanol–water partition coefficient (Wildman–Crippen LogP) is 2.14. The number of aromatic nitrogens is 2. The van der Waals surface area contributed by atoms with Crippen molar-refractivity contribution in [2.75, 3.05) is 13.2 Å². The van der Waals surface area contributed by atoms with E-state index in [1.165, 1.54) is 0 Å². The molecule has 7 nitrogen and oxygen atoms in total. The summed E-state index contributed by atoms with van der Waals surface area (Å²) in [5.41, 5.74) is 1.16. The van der Waals surface area contributed by atoms with Gasteiger partial charge in [0.25, 0.3) is 5.91 Å². The van der Waals surface area contributed by atoms with Crippen LogP contribution in [0.15, 0.2) is 28.9 Å². The number of likely N-dealkylation sites (tertiary alicyclic amines) is 1. The van der Waals surface area contributed by atoms with Gasteiger partial charge in [-0.25, -0.2) is 4.98 Å². The normalized spacial score (nSPS) is 25.7. The minimum atomic E-state index is -0.232. The zero-order chi connectivity index (χ0) is 17.4. The standard InChI is InChI=1S/C18H21N3O4/c1-11-16(12(2)25-20-11)18(22)21-10-14(17-13(21)6-5-9-23-17)24-15-7-3-4-8-19-15/h3-4,7-8,13-14,17H,5-6,9-10H2,1-2H3/t13-,14+,17+/m0/s1. The summed E-state index contributed by atoms with van der Waals surface area (Å²) in [7, 11) is 0. The van der Waals surface area contributed by atoms with Gasteiger partial charge < -0.3 is 18.9 Å². The van der Waals surface area contributed by atoms with Gasteiger partial charge in [-0.2, -0.15) is 0 Å². The summed E-state index contributed by atoms with van der Waals surface area (Å²) in [6.07, 6.45) is 3.16. The number of ether oxygens (including phenoxy) is 2. The molecule has 132 valence electrons. The first-order chi connectivity index (χ1) is 12.1. The number of hydrogen-bond acceptors (Lipinski definition) is 6. The van der Waals surface area contributed by atoms with E-state index in [0.717, 1.165) is 12.8 Å². The Kier molecular flexibility index (Phi) is 4.17. The zero-order valence-corrected chi connectivity index (χ0v) is 14.3. The molecule has 0 unspecified atom stereocenters. The molecule has 25 heavy (non-hydrogen) atoms. The van der Waals surface area contributed by atoms with Gasteiger partial charge in [-0.05, 0) is 32.8 Å². The number of pyridine rings is 1. The molecule has 2 aliphatic heterocycles. The molecule has 2 saturated heterocycles. The monoisotopic (exact) mass is 343 g/mol. The van der Waals surface area contributed by atoms with E-state index in [1.54, 1.807) is 20.0 Å². The third kappa shape index (κ3) is 2.89. The van der Waals surface area contributed by atoms with Gasteiger partial charge in [0.15, 0.2) is 0 Å². The fraction of sp³-hybridized carbons (Fsp3) is 0.500. The lowest BCUT2D eigenvalue weighted by Gasteiger charge is -2.31. The minimum Gasteiger partial charge on any atom is -0.470 e. The number of hydrogen-bond donors (Lipinski definition) is 0. The Bertz CT molecular complexity index is 741. The number of aryl methyl sites for hydroxylation is 2. The molecule has 0 bridgehead atoms. The maximum atomic E-state index is 13.1. The molecule has 3 atom stereocenters.